The van der Waals surface area contributed by atoms with Crippen molar-refractivity contribution in [2.45, 2.75) is 5.16 Å². The molecule has 0 bridgehead atoms. The third-order valence-corrected chi connectivity index (χ3v) is 5.28. The number of thioether (sulfide) groups is 1. The zero-order valence-electron chi connectivity index (χ0n) is 15.9. The van der Waals surface area contributed by atoms with Crippen LogP contribution in [0.25, 0.3) is 0 Å². The number of hydrazone groups is 1. The summed E-state index contributed by atoms with van der Waals surface area (Å²) in [7, 11) is 3.99. The molecule has 0 radical (unpaired) electrons. The number of amides is 1. The number of nitrogens with zero attached hydrogens (tertiary/aromatic N) is 4. The van der Waals surface area contributed by atoms with Gasteiger partial charge in [-0.25, -0.2) is 10.5 Å². The first-order valence-electron chi connectivity index (χ1n) is 8.67. The summed E-state index contributed by atoms with van der Waals surface area (Å²) < 4.78 is 0.831. The molecule has 8 nitrogen and oxygen atoms in total. The van der Waals surface area contributed by atoms with Gasteiger partial charge in [0.25, 0.3) is 0 Å². The van der Waals surface area contributed by atoms with Gasteiger partial charge >= 0.3 is 0 Å². The van der Waals surface area contributed by atoms with Crippen molar-refractivity contribution < 1.29 is 4.79 Å². The second kappa shape index (κ2) is 10.1. The number of halogens is 1. The van der Waals surface area contributed by atoms with Crippen LogP contribution < -0.4 is 15.6 Å². The molecule has 1 amide bonds. The Hall–Kier alpha value is -2.85. The summed E-state index contributed by atoms with van der Waals surface area (Å²) in [4.78, 5) is 18.4. The van der Waals surface area contributed by atoms with Crippen molar-refractivity contribution in [2.75, 3.05) is 35.5 Å². The van der Waals surface area contributed by atoms with E-state index < -0.39 is 0 Å². The van der Waals surface area contributed by atoms with E-state index in [4.69, 9.17) is 0 Å². The molecule has 3 N–H and O–H groups in total. The van der Waals surface area contributed by atoms with E-state index in [1.165, 1.54) is 11.8 Å². The average molecular weight is 474 g/mol. The number of para-hydroxylation sites is 1. The van der Waals surface area contributed by atoms with Gasteiger partial charge in [0.05, 0.1) is 17.7 Å². The summed E-state index contributed by atoms with van der Waals surface area (Å²) in [6, 6.07) is 15.4. The summed E-state index contributed by atoms with van der Waals surface area (Å²) in [6.07, 6.45) is 1.69. The zero-order valence-corrected chi connectivity index (χ0v) is 18.3. The second-order valence-electron chi connectivity index (χ2n) is 6.14. The lowest BCUT2D eigenvalue weighted by atomic mass is 10.2. The van der Waals surface area contributed by atoms with Gasteiger partial charge in [0.1, 0.15) is 0 Å². The number of hydrogen-bond donors (Lipinski definition) is 3. The summed E-state index contributed by atoms with van der Waals surface area (Å²) in [6.45, 7) is 0. The third-order valence-electron chi connectivity index (χ3n) is 3.74. The van der Waals surface area contributed by atoms with Crippen molar-refractivity contribution in [1.29, 1.82) is 0 Å². The van der Waals surface area contributed by atoms with Gasteiger partial charge in [-0.2, -0.15) is 10.1 Å². The Labute approximate surface area is 181 Å². The van der Waals surface area contributed by atoms with Crippen LogP contribution in [-0.2, 0) is 4.79 Å². The predicted molar refractivity (Wildman–Crippen MR) is 122 cm³/mol. The summed E-state index contributed by atoms with van der Waals surface area (Å²) >= 11 is 4.63. The molecule has 0 aliphatic heterocycles. The number of carbonyl (C=O) groups is 1. The Morgan fingerprint density at radius 2 is 2.00 bits per heavy atom. The maximum Gasteiger partial charge on any atom is 0.240 e. The Balaban J connectivity index is 1.46. The largest absolute Gasteiger partial charge is 0.378 e. The number of anilines is 3. The Bertz CT molecular complexity index is 988. The fourth-order valence-corrected chi connectivity index (χ4v) is 3.25. The molecule has 0 spiro atoms. The van der Waals surface area contributed by atoms with Crippen LogP contribution in [0.4, 0.5) is 17.3 Å². The minimum Gasteiger partial charge on any atom is -0.378 e. The first-order valence-corrected chi connectivity index (χ1v) is 10.4. The number of aromatic amines is 1. The number of hydrogen-bond acceptors (Lipinski definition) is 7. The summed E-state index contributed by atoms with van der Waals surface area (Å²) in [5.41, 5.74) is 5.60. The van der Waals surface area contributed by atoms with Crippen LogP contribution in [0.15, 0.2) is 63.3 Å². The topological polar surface area (TPSA) is 98.3 Å². The molecule has 1 aromatic heterocycles. The van der Waals surface area contributed by atoms with Gasteiger partial charge < -0.3 is 10.2 Å². The lowest BCUT2D eigenvalue weighted by molar-refractivity contribution is -0.113. The van der Waals surface area contributed by atoms with Crippen LogP contribution in [0.2, 0.25) is 0 Å². The van der Waals surface area contributed by atoms with Crippen LogP contribution in [0, 0.1) is 0 Å². The predicted octanol–water partition coefficient (Wildman–Crippen LogP) is 3.81. The van der Waals surface area contributed by atoms with E-state index in [1.807, 2.05) is 67.5 Å². The van der Waals surface area contributed by atoms with E-state index in [0.29, 0.717) is 11.1 Å². The molecule has 0 saturated carbocycles. The number of carbonyl (C=O) groups excluding carboxylic acids is 1. The van der Waals surface area contributed by atoms with E-state index in [0.717, 1.165) is 21.4 Å². The average Bonchev–Trinajstić information content (AvgIpc) is 3.16. The molecule has 10 heteroatoms. The minimum atomic E-state index is -0.139. The monoisotopic (exact) mass is 473 g/mol. The van der Waals surface area contributed by atoms with Crippen molar-refractivity contribution in [3.63, 3.8) is 0 Å². The number of nitrogens with one attached hydrogen (secondary N) is 3. The normalized spacial score (nSPS) is 10.9. The maximum atomic E-state index is 12.1. The number of aromatic nitrogens is 3. The summed E-state index contributed by atoms with van der Waals surface area (Å²) in [5, 5.41) is 14.3. The van der Waals surface area contributed by atoms with Crippen molar-refractivity contribution in [2.24, 2.45) is 5.10 Å². The highest BCUT2D eigenvalue weighted by Gasteiger charge is 2.09. The molecule has 150 valence electrons. The fraction of sp³-hybridized carbons (Fsp3) is 0.158. The molecule has 3 aromatic rings. The SMILES string of the molecule is CN(C)c1ccc(/C=N/Nc2nc(SCC(=O)Nc3ccccc3Br)n[nH]2)cc1. The van der Waals surface area contributed by atoms with E-state index >= 15 is 0 Å². The van der Waals surface area contributed by atoms with Crippen LogP contribution >= 0.6 is 27.7 Å². The lowest BCUT2D eigenvalue weighted by Crippen LogP contribution is -2.14. The molecule has 3 rings (SSSR count). The first kappa shape index (κ1) is 20.9. The molecule has 0 unspecified atom stereocenters. The van der Waals surface area contributed by atoms with Crippen LogP contribution in [0.1, 0.15) is 5.56 Å². The Morgan fingerprint density at radius 3 is 2.72 bits per heavy atom. The molecule has 1 heterocycles. The number of benzene rings is 2. The lowest BCUT2D eigenvalue weighted by Gasteiger charge is -2.11. The van der Waals surface area contributed by atoms with Gasteiger partial charge in [0.2, 0.25) is 17.0 Å². The standard InChI is InChI=1S/C19H20BrN7OS/c1-27(2)14-9-7-13(8-10-14)11-21-24-18-23-19(26-25-18)29-12-17(28)22-16-6-4-3-5-15(16)20/h3-11H,12H2,1-2H3,(H,22,28)(H2,23,24,25,26)/b21-11+. The second-order valence-corrected chi connectivity index (χ2v) is 7.94. The first-order chi connectivity index (χ1) is 14.0. The van der Waals surface area contributed by atoms with E-state index in [9.17, 15) is 4.79 Å². The van der Waals surface area contributed by atoms with Crippen LogP contribution in [0.3, 0.4) is 0 Å². The molecule has 2 aromatic carbocycles. The van der Waals surface area contributed by atoms with E-state index in [1.54, 1.807) is 6.21 Å². The highest BCUT2D eigenvalue weighted by Crippen LogP contribution is 2.22. The minimum absolute atomic E-state index is 0.139. The van der Waals surface area contributed by atoms with E-state index in [-0.39, 0.29) is 11.7 Å². The molecular weight excluding hydrogens is 454 g/mol. The van der Waals surface area contributed by atoms with Gasteiger partial charge in [0, 0.05) is 24.3 Å². The third kappa shape index (κ3) is 6.33. The molecule has 29 heavy (non-hydrogen) atoms. The number of rotatable bonds is 8. The van der Waals surface area contributed by atoms with Crippen molar-refractivity contribution >= 4 is 57.1 Å². The van der Waals surface area contributed by atoms with Crippen LogP contribution in [-0.4, -0.2) is 47.2 Å². The van der Waals surface area contributed by atoms with Gasteiger partial charge in [-0.15, -0.1) is 5.10 Å². The van der Waals surface area contributed by atoms with E-state index in [2.05, 4.69) is 47.0 Å². The Morgan fingerprint density at radius 1 is 1.24 bits per heavy atom. The maximum absolute atomic E-state index is 12.1. The van der Waals surface area contributed by atoms with Crippen molar-refractivity contribution in [1.82, 2.24) is 15.2 Å². The molecule has 0 atom stereocenters. The fourth-order valence-electron chi connectivity index (χ4n) is 2.27. The number of H-pyrrole nitrogens is 1. The van der Waals surface area contributed by atoms with Crippen molar-refractivity contribution in [3.8, 4) is 0 Å². The van der Waals surface area contributed by atoms with Gasteiger partial charge in [-0.3, -0.25) is 4.79 Å². The van der Waals surface area contributed by atoms with Crippen LogP contribution in [0.5, 0.6) is 0 Å². The zero-order chi connectivity index (χ0) is 20.6. The van der Waals surface area contributed by atoms with Gasteiger partial charge in [-0.05, 0) is 45.8 Å². The smallest absolute Gasteiger partial charge is 0.240 e. The summed E-state index contributed by atoms with van der Waals surface area (Å²) in [5.74, 6) is 0.459. The molecule has 0 saturated heterocycles. The van der Waals surface area contributed by atoms with Gasteiger partial charge in [0.15, 0.2) is 0 Å². The Kier molecular flexibility index (Phi) is 7.25. The highest BCUT2D eigenvalue weighted by atomic mass is 79.9. The quantitative estimate of drug-likeness (QED) is 0.261. The highest BCUT2D eigenvalue weighted by molar-refractivity contribution is 9.10. The molecule has 0 aliphatic carbocycles. The van der Waals surface area contributed by atoms with Gasteiger partial charge in [-0.1, -0.05) is 36.0 Å². The van der Waals surface area contributed by atoms with Crippen molar-refractivity contribution in [3.05, 3.63) is 58.6 Å². The molecule has 0 fully saturated rings. The molecular formula is C19H20BrN7OS. The molecule has 0 aliphatic rings.